The van der Waals surface area contributed by atoms with Crippen LogP contribution >= 0.6 is 35.6 Å². The molecule has 1 heterocycles. The van der Waals surface area contributed by atoms with Crippen LogP contribution in [0.3, 0.4) is 0 Å². The van der Waals surface area contributed by atoms with Crippen LogP contribution < -0.4 is 15.4 Å². The van der Waals surface area contributed by atoms with Crippen LogP contribution in [0.1, 0.15) is 24.0 Å². The maximum Gasteiger partial charge on any atom is 0.191 e. The van der Waals surface area contributed by atoms with E-state index in [1.165, 1.54) is 6.07 Å². The van der Waals surface area contributed by atoms with E-state index in [1.54, 1.807) is 26.3 Å². The van der Waals surface area contributed by atoms with E-state index in [1.807, 2.05) is 24.3 Å². The smallest absolute Gasteiger partial charge is 0.191 e. The Bertz CT molecular complexity index is 860. The number of nitrogens with one attached hydrogen (secondary N) is 2. The molecule has 2 N–H and O–H groups in total. The molecule has 1 aliphatic rings. The van der Waals surface area contributed by atoms with Crippen LogP contribution in [0.25, 0.3) is 0 Å². The lowest BCUT2D eigenvalue weighted by atomic mass is 9.73. The van der Waals surface area contributed by atoms with Crippen LogP contribution in [0.2, 0.25) is 5.02 Å². The molecule has 2 aromatic carbocycles. The molecule has 0 amide bonds. The normalized spacial score (nSPS) is 15.8. The van der Waals surface area contributed by atoms with Crippen molar-refractivity contribution < 1.29 is 13.9 Å². The molecule has 5 nitrogen and oxygen atoms in total. The van der Waals surface area contributed by atoms with Gasteiger partial charge >= 0.3 is 0 Å². The highest BCUT2D eigenvalue weighted by Gasteiger charge is 2.37. The molecule has 0 radical (unpaired) electrons. The highest BCUT2D eigenvalue weighted by atomic mass is 127. The van der Waals surface area contributed by atoms with Crippen molar-refractivity contribution in [3.8, 4) is 5.75 Å². The van der Waals surface area contributed by atoms with Gasteiger partial charge in [-0.1, -0.05) is 29.8 Å². The molecule has 30 heavy (non-hydrogen) atoms. The Morgan fingerprint density at radius 2 is 1.93 bits per heavy atom. The Labute approximate surface area is 199 Å². The minimum Gasteiger partial charge on any atom is -0.496 e. The lowest BCUT2D eigenvalue weighted by molar-refractivity contribution is 0.0505. The minimum absolute atomic E-state index is 0. The lowest BCUT2D eigenvalue weighted by Crippen LogP contribution is -2.48. The van der Waals surface area contributed by atoms with Gasteiger partial charge in [-0.05, 0) is 37.1 Å². The molecular weight excluding hydrogens is 520 g/mol. The summed E-state index contributed by atoms with van der Waals surface area (Å²) in [6.07, 6.45) is 1.67. The van der Waals surface area contributed by atoms with Crippen LogP contribution in [0.4, 0.5) is 4.39 Å². The summed E-state index contributed by atoms with van der Waals surface area (Å²) in [7, 11) is 3.37. The first kappa shape index (κ1) is 24.7. The van der Waals surface area contributed by atoms with Crippen molar-refractivity contribution in [1.29, 1.82) is 0 Å². The number of nitrogens with zero attached hydrogens (tertiary/aromatic N) is 1. The first-order valence-corrected chi connectivity index (χ1v) is 10.1. The van der Waals surface area contributed by atoms with Crippen molar-refractivity contribution in [2.24, 2.45) is 4.99 Å². The van der Waals surface area contributed by atoms with Gasteiger partial charge in [-0.2, -0.15) is 0 Å². The van der Waals surface area contributed by atoms with Gasteiger partial charge in [0, 0.05) is 54.9 Å². The van der Waals surface area contributed by atoms with Crippen molar-refractivity contribution in [2.75, 3.05) is 33.9 Å². The Morgan fingerprint density at radius 1 is 1.20 bits per heavy atom. The van der Waals surface area contributed by atoms with Crippen molar-refractivity contribution in [2.45, 2.75) is 24.8 Å². The zero-order valence-electron chi connectivity index (χ0n) is 17.2. The largest absolute Gasteiger partial charge is 0.496 e. The number of methoxy groups -OCH3 is 1. The summed E-state index contributed by atoms with van der Waals surface area (Å²) in [4.78, 5) is 4.29. The SMILES string of the molecule is CN=C(NCc1ccccc1F)NCC1(c2cc(Cl)ccc2OC)CCOCC1.I. The van der Waals surface area contributed by atoms with Gasteiger partial charge in [0.2, 0.25) is 0 Å². The fourth-order valence-electron chi connectivity index (χ4n) is 3.69. The summed E-state index contributed by atoms with van der Waals surface area (Å²) < 4.78 is 25.1. The maximum atomic E-state index is 13.9. The Balaban J connectivity index is 0.00000320. The Kier molecular flexibility index (Phi) is 9.64. The molecular formula is C22H28ClFIN3O2. The number of benzene rings is 2. The Morgan fingerprint density at radius 3 is 2.60 bits per heavy atom. The quantitative estimate of drug-likeness (QED) is 0.317. The summed E-state index contributed by atoms with van der Waals surface area (Å²) >= 11 is 6.30. The van der Waals surface area contributed by atoms with Crippen molar-refractivity contribution >= 4 is 41.5 Å². The summed E-state index contributed by atoms with van der Waals surface area (Å²) in [6.45, 7) is 2.31. The molecule has 3 rings (SSSR count). The third kappa shape index (κ3) is 5.98. The predicted octanol–water partition coefficient (Wildman–Crippen LogP) is 4.52. The predicted molar refractivity (Wildman–Crippen MR) is 130 cm³/mol. The number of ether oxygens (including phenoxy) is 2. The van der Waals surface area contributed by atoms with E-state index in [-0.39, 0.29) is 35.2 Å². The van der Waals surface area contributed by atoms with Crippen LogP contribution in [0.15, 0.2) is 47.5 Å². The molecule has 0 spiro atoms. The van der Waals surface area contributed by atoms with Crippen LogP contribution in [-0.4, -0.2) is 39.9 Å². The van der Waals surface area contributed by atoms with E-state index in [0.29, 0.717) is 42.8 Å². The fourth-order valence-corrected chi connectivity index (χ4v) is 3.86. The van der Waals surface area contributed by atoms with Gasteiger partial charge in [-0.25, -0.2) is 4.39 Å². The van der Waals surface area contributed by atoms with E-state index in [2.05, 4.69) is 15.6 Å². The molecule has 8 heteroatoms. The molecule has 164 valence electrons. The molecule has 0 saturated carbocycles. The average Bonchev–Trinajstić information content (AvgIpc) is 2.75. The number of halogens is 3. The standard InChI is InChI=1S/C22H27ClFN3O2.HI/c1-25-21(26-14-16-5-3-4-6-19(16)24)27-15-22(9-11-29-12-10-22)18-13-17(23)7-8-20(18)28-2;/h3-8,13H,9-12,14-15H2,1-2H3,(H2,25,26,27);1H. The highest BCUT2D eigenvalue weighted by molar-refractivity contribution is 14.0. The lowest BCUT2D eigenvalue weighted by Gasteiger charge is -2.39. The van der Waals surface area contributed by atoms with Gasteiger partial charge in [0.15, 0.2) is 5.96 Å². The fraction of sp³-hybridized carbons (Fsp3) is 0.409. The van der Waals surface area contributed by atoms with Gasteiger partial charge in [-0.3, -0.25) is 4.99 Å². The zero-order valence-corrected chi connectivity index (χ0v) is 20.3. The van der Waals surface area contributed by atoms with Gasteiger partial charge in [0.25, 0.3) is 0 Å². The maximum absolute atomic E-state index is 13.9. The number of hydrogen-bond acceptors (Lipinski definition) is 3. The summed E-state index contributed by atoms with van der Waals surface area (Å²) in [5.74, 6) is 1.19. The van der Waals surface area contributed by atoms with Gasteiger partial charge in [0.05, 0.1) is 7.11 Å². The first-order chi connectivity index (χ1) is 14.1. The zero-order chi connectivity index (χ0) is 20.7. The van der Waals surface area contributed by atoms with Gasteiger partial charge < -0.3 is 20.1 Å². The summed E-state index contributed by atoms with van der Waals surface area (Å²) in [5, 5.41) is 7.26. The van der Waals surface area contributed by atoms with Crippen LogP contribution in [0.5, 0.6) is 5.75 Å². The number of aliphatic imine (C=N–C) groups is 1. The van der Waals surface area contributed by atoms with Crippen molar-refractivity contribution in [3.63, 3.8) is 0 Å². The highest BCUT2D eigenvalue weighted by Crippen LogP contribution is 2.40. The topological polar surface area (TPSA) is 54.9 Å². The first-order valence-electron chi connectivity index (χ1n) is 9.68. The van der Waals surface area contributed by atoms with Crippen molar-refractivity contribution in [1.82, 2.24) is 10.6 Å². The van der Waals surface area contributed by atoms with Crippen molar-refractivity contribution in [3.05, 3.63) is 64.4 Å². The second-order valence-electron chi connectivity index (χ2n) is 7.11. The van der Waals surface area contributed by atoms with E-state index in [4.69, 9.17) is 21.1 Å². The second-order valence-corrected chi connectivity index (χ2v) is 7.54. The molecule has 1 fully saturated rings. The number of rotatable bonds is 6. The third-order valence-corrected chi connectivity index (χ3v) is 5.64. The van der Waals surface area contributed by atoms with E-state index >= 15 is 0 Å². The molecule has 0 atom stereocenters. The second kappa shape index (κ2) is 11.7. The molecule has 2 aromatic rings. The number of guanidine groups is 1. The summed E-state index contributed by atoms with van der Waals surface area (Å²) in [5.41, 5.74) is 1.45. The van der Waals surface area contributed by atoms with Gasteiger partial charge in [-0.15, -0.1) is 24.0 Å². The molecule has 0 unspecified atom stereocenters. The summed E-state index contributed by atoms with van der Waals surface area (Å²) in [6, 6.07) is 12.4. The van der Waals surface area contributed by atoms with E-state index in [9.17, 15) is 4.39 Å². The molecule has 0 bridgehead atoms. The average molecular weight is 548 g/mol. The van der Waals surface area contributed by atoms with Crippen LogP contribution in [-0.2, 0) is 16.7 Å². The molecule has 1 saturated heterocycles. The monoisotopic (exact) mass is 547 g/mol. The van der Waals surface area contributed by atoms with Crippen LogP contribution in [0, 0.1) is 5.82 Å². The van der Waals surface area contributed by atoms with E-state index < -0.39 is 0 Å². The molecule has 1 aliphatic heterocycles. The third-order valence-electron chi connectivity index (χ3n) is 5.40. The van der Waals surface area contributed by atoms with E-state index in [0.717, 1.165) is 24.2 Å². The minimum atomic E-state index is -0.236. The molecule has 0 aliphatic carbocycles. The van der Waals surface area contributed by atoms with Gasteiger partial charge in [0.1, 0.15) is 11.6 Å². The number of hydrogen-bond donors (Lipinski definition) is 2. The Hall–Kier alpha value is -1.58. The molecule has 0 aromatic heterocycles.